The third-order valence-electron chi connectivity index (χ3n) is 1.61. The number of rotatable bonds is 2. The van der Waals surface area contributed by atoms with Gasteiger partial charge in [0.25, 0.3) is 0 Å². The van der Waals surface area contributed by atoms with Crippen molar-refractivity contribution >= 4 is 5.97 Å². The van der Waals surface area contributed by atoms with Gasteiger partial charge in [-0.25, -0.2) is 0 Å². The van der Waals surface area contributed by atoms with Crippen LogP contribution in [-0.4, -0.2) is 12.1 Å². The zero-order chi connectivity index (χ0) is 8.27. The van der Waals surface area contributed by atoms with Gasteiger partial charge in [0.1, 0.15) is 6.10 Å². The molecule has 0 N–H and O–H groups in total. The van der Waals surface area contributed by atoms with Gasteiger partial charge >= 0.3 is 5.97 Å². The van der Waals surface area contributed by atoms with Crippen molar-refractivity contribution in [3.05, 3.63) is 23.8 Å². The molecule has 0 amide bonds. The maximum absolute atomic E-state index is 10.5. The Bertz CT molecular complexity index is 214. The summed E-state index contributed by atoms with van der Waals surface area (Å²) in [6.07, 6.45) is 6.98. The molecule has 0 saturated heterocycles. The molecule has 2 nitrogen and oxygen atoms in total. The van der Waals surface area contributed by atoms with Gasteiger partial charge in [0.2, 0.25) is 0 Å². The predicted octanol–water partition coefficient (Wildman–Crippen LogP) is 1.82. The Morgan fingerprint density at radius 3 is 2.91 bits per heavy atom. The fraction of sp³-hybridized carbons (Fsp3) is 0.444. The van der Waals surface area contributed by atoms with Crippen LogP contribution in [0.4, 0.5) is 0 Å². The first-order valence-corrected chi connectivity index (χ1v) is 3.74. The largest absolute Gasteiger partial charge is 0.458 e. The lowest BCUT2D eigenvalue weighted by molar-refractivity contribution is -0.143. The monoisotopic (exact) mass is 152 g/mol. The van der Waals surface area contributed by atoms with Crippen molar-refractivity contribution in [3.63, 3.8) is 0 Å². The molecule has 0 aromatic heterocycles. The second-order valence-electron chi connectivity index (χ2n) is 2.59. The van der Waals surface area contributed by atoms with Crippen molar-refractivity contribution in [3.8, 4) is 0 Å². The van der Waals surface area contributed by atoms with E-state index in [2.05, 4.69) is 12.2 Å². The Hall–Kier alpha value is -1.05. The van der Waals surface area contributed by atoms with E-state index in [9.17, 15) is 4.79 Å². The summed E-state index contributed by atoms with van der Waals surface area (Å²) in [6, 6.07) is 0. The number of esters is 1. The highest BCUT2D eigenvalue weighted by atomic mass is 16.5. The van der Waals surface area contributed by atoms with E-state index in [1.165, 1.54) is 6.92 Å². The zero-order valence-electron chi connectivity index (χ0n) is 6.83. The van der Waals surface area contributed by atoms with Crippen molar-refractivity contribution in [2.75, 3.05) is 0 Å². The normalized spacial score (nSPS) is 17.8. The van der Waals surface area contributed by atoms with Crippen LogP contribution >= 0.6 is 0 Å². The van der Waals surface area contributed by atoms with Gasteiger partial charge in [0, 0.05) is 6.92 Å². The first-order chi connectivity index (χ1) is 5.20. The summed E-state index contributed by atoms with van der Waals surface area (Å²) in [5.74, 6) is -0.223. The molecule has 0 spiro atoms. The van der Waals surface area contributed by atoms with Crippen LogP contribution in [0, 0.1) is 0 Å². The smallest absolute Gasteiger partial charge is 0.303 e. The van der Waals surface area contributed by atoms with Crippen LogP contribution in [0.5, 0.6) is 0 Å². The van der Waals surface area contributed by atoms with Gasteiger partial charge in [-0.2, -0.15) is 0 Å². The van der Waals surface area contributed by atoms with Crippen LogP contribution in [0.15, 0.2) is 23.8 Å². The maximum Gasteiger partial charge on any atom is 0.303 e. The second-order valence-corrected chi connectivity index (χ2v) is 2.59. The van der Waals surface area contributed by atoms with Gasteiger partial charge in [-0.1, -0.05) is 18.2 Å². The minimum atomic E-state index is -0.223. The van der Waals surface area contributed by atoms with Gasteiger partial charge in [-0.3, -0.25) is 4.79 Å². The SMILES string of the molecule is CC(=O)O[C@H](C)C1=CCC=C1. The third-order valence-corrected chi connectivity index (χ3v) is 1.61. The quantitative estimate of drug-likeness (QED) is 0.564. The number of hydrogen-bond donors (Lipinski definition) is 0. The Labute approximate surface area is 66.5 Å². The number of carbonyl (C=O) groups excluding carboxylic acids is 1. The van der Waals surface area contributed by atoms with Gasteiger partial charge in [-0.05, 0) is 18.9 Å². The van der Waals surface area contributed by atoms with Gasteiger partial charge < -0.3 is 4.74 Å². The molecular formula is C9H12O2. The Balaban J connectivity index is 2.47. The van der Waals surface area contributed by atoms with Crippen LogP contribution in [0.3, 0.4) is 0 Å². The highest BCUT2D eigenvalue weighted by Gasteiger charge is 2.10. The number of allylic oxidation sites excluding steroid dienone is 2. The summed E-state index contributed by atoms with van der Waals surface area (Å²) < 4.78 is 4.98. The zero-order valence-corrected chi connectivity index (χ0v) is 6.83. The van der Waals surface area contributed by atoms with Crippen molar-refractivity contribution < 1.29 is 9.53 Å². The Kier molecular flexibility index (Phi) is 2.47. The molecule has 0 aromatic rings. The van der Waals surface area contributed by atoms with Gasteiger partial charge in [0.15, 0.2) is 0 Å². The first kappa shape index (κ1) is 8.05. The van der Waals surface area contributed by atoms with Crippen molar-refractivity contribution in [1.82, 2.24) is 0 Å². The number of hydrogen-bond acceptors (Lipinski definition) is 2. The summed E-state index contributed by atoms with van der Waals surface area (Å²) in [5.41, 5.74) is 1.10. The molecular weight excluding hydrogens is 140 g/mol. The minimum Gasteiger partial charge on any atom is -0.458 e. The molecule has 1 atom stereocenters. The topological polar surface area (TPSA) is 26.3 Å². The fourth-order valence-corrected chi connectivity index (χ4v) is 1.09. The van der Waals surface area contributed by atoms with Crippen molar-refractivity contribution in [2.45, 2.75) is 26.4 Å². The fourth-order valence-electron chi connectivity index (χ4n) is 1.09. The Morgan fingerprint density at radius 2 is 2.45 bits per heavy atom. The molecule has 2 heteroatoms. The van der Waals surface area contributed by atoms with Crippen LogP contribution in [0.25, 0.3) is 0 Å². The summed E-state index contributed by atoms with van der Waals surface area (Å²) in [7, 11) is 0. The average molecular weight is 152 g/mol. The summed E-state index contributed by atoms with van der Waals surface area (Å²) in [6.45, 7) is 3.30. The van der Waals surface area contributed by atoms with E-state index in [1.807, 2.05) is 13.0 Å². The lowest BCUT2D eigenvalue weighted by Crippen LogP contribution is -2.13. The molecule has 0 heterocycles. The molecule has 60 valence electrons. The molecule has 11 heavy (non-hydrogen) atoms. The van der Waals surface area contributed by atoms with Crippen LogP contribution < -0.4 is 0 Å². The van der Waals surface area contributed by atoms with Crippen LogP contribution in [0.2, 0.25) is 0 Å². The van der Waals surface area contributed by atoms with E-state index in [4.69, 9.17) is 4.74 Å². The summed E-state index contributed by atoms with van der Waals surface area (Å²) in [4.78, 5) is 10.5. The van der Waals surface area contributed by atoms with Crippen molar-refractivity contribution in [2.24, 2.45) is 0 Å². The number of ether oxygens (including phenoxy) is 1. The van der Waals surface area contributed by atoms with Crippen LogP contribution in [0.1, 0.15) is 20.3 Å². The molecule has 1 aliphatic carbocycles. The van der Waals surface area contributed by atoms with E-state index >= 15 is 0 Å². The predicted molar refractivity (Wildman–Crippen MR) is 43.1 cm³/mol. The molecule has 0 fully saturated rings. The van der Waals surface area contributed by atoms with E-state index in [1.54, 1.807) is 0 Å². The van der Waals surface area contributed by atoms with E-state index < -0.39 is 0 Å². The Morgan fingerprint density at radius 1 is 1.73 bits per heavy atom. The van der Waals surface area contributed by atoms with E-state index in [0.717, 1.165) is 12.0 Å². The van der Waals surface area contributed by atoms with Gasteiger partial charge in [-0.15, -0.1) is 0 Å². The highest BCUT2D eigenvalue weighted by Crippen LogP contribution is 2.15. The molecule has 0 bridgehead atoms. The first-order valence-electron chi connectivity index (χ1n) is 3.74. The van der Waals surface area contributed by atoms with Crippen LogP contribution in [-0.2, 0) is 9.53 Å². The molecule has 1 rings (SSSR count). The van der Waals surface area contributed by atoms with Gasteiger partial charge in [0.05, 0.1) is 0 Å². The minimum absolute atomic E-state index is 0.0914. The van der Waals surface area contributed by atoms with E-state index in [0.29, 0.717) is 0 Å². The van der Waals surface area contributed by atoms with E-state index in [-0.39, 0.29) is 12.1 Å². The van der Waals surface area contributed by atoms with Crippen molar-refractivity contribution in [1.29, 1.82) is 0 Å². The number of carbonyl (C=O) groups is 1. The summed E-state index contributed by atoms with van der Waals surface area (Å²) >= 11 is 0. The second kappa shape index (κ2) is 3.37. The lowest BCUT2D eigenvalue weighted by Gasteiger charge is -2.10. The molecule has 0 radical (unpaired) electrons. The molecule has 1 aliphatic rings. The summed E-state index contributed by atoms with van der Waals surface area (Å²) in [5, 5.41) is 0. The maximum atomic E-state index is 10.5. The molecule has 0 unspecified atom stereocenters. The standard InChI is InChI=1S/C9H12O2/c1-7(11-8(2)10)9-5-3-4-6-9/h3,5-7H,4H2,1-2H3/t7-/m1/s1. The molecule has 0 aliphatic heterocycles. The molecule has 0 saturated carbocycles. The average Bonchev–Trinajstić information content (AvgIpc) is 2.35. The third kappa shape index (κ3) is 2.22. The highest BCUT2D eigenvalue weighted by molar-refractivity contribution is 5.66. The molecule has 0 aromatic carbocycles. The lowest BCUT2D eigenvalue weighted by atomic mass is 10.2.